The molecule has 0 aliphatic carbocycles. The lowest BCUT2D eigenvalue weighted by molar-refractivity contribution is -0.160. The quantitative estimate of drug-likeness (QED) is 0.578. The van der Waals surface area contributed by atoms with E-state index in [1.54, 1.807) is 31.4 Å². The van der Waals surface area contributed by atoms with E-state index in [1.807, 2.05) is 14.0 Å². The predicted molar refractivity (Wildman–Crippen MR) is 104 cm³/mol. The van der Waals surface area contributed by atoms with Gasteiger partial charge in [0.1, 0.15) is 0 Å². The van der Waals surface area contributed by atoms with Crippen molar-refractivity contribution in [2.45, 2.75) is 6.92 Å². The van der Waals surface area contributed by atoms with Crippen molar-refractivity contribution in [3.63, 3.8) is 0 Å². The van der Waals surface area contributed by atoms with Crippen LogP contribution in [-0.2, 0) is 9.30 Å². The van der Waals surface area contributed by atoms with Crippen LogP contribution in [0.4, 0.5) is 5.69 Å². The van der Waals surface area contributed by atoms with Crippen molar-refractivity contribution in [2.75, 3.05) is 32.6 Å². The fourth-order valence-electron chi connectivity index (χ4n) is 1.84. The molecule has 1 atom stereocenters. The summed E-state index contributed by atoms with van der Waals surface area (Å²) in [5.74, 6) is -0.386. The summed E-state index contributed by atoms with van der Waals surface area (Å²) in [7, 11) is 0.887. The van der Waals surface area contributed by atoms with Crippen LogP contribution in [0.3, 0.4) is 0 Å². The largest absolute Gasteiger partial charge is 0.591 e. The van der Waals surface area contributed by atoms with E-state index in [-0.39, 0.29) is 16.8 Å². The SMILES string of the molecule is CNCCOC.Cc1ccc(NC(=O)c2cccc([P+](=O)[O-])c2)cc1Cl. The molecule has 0 aliphatic rings. The van der Waals surface area contributed by atoms with Crippen LogP contribution in [-0.4, -0.2) is 33.2 Å². The molecule has 0 aliphatic heterocycles. The Balaban J connectivity index is 0.000000487. The summed E-state index contributed by atoms with van der Waals surface area (Å²) in [6.07, 6.45) is 0. The normalized spacial score (nSPS) is 10.6. The number of carbonyl (C=O) groups is 1. The van der Waals surface area contributed by atoms with Crippen LogP contribution in [0.15, 0.2) is 42.5 Å². The lowest BCUT2D eigenvalue weighted by Gasteiger charge is -2.07. The maximum atomic E-state index is 12.0. The molecule has 0 fully saturated rings. The highest BCUT2D eigenvalue weighted by Gasteiger charge is 2.12. The number of hydrogen-bond donors (Lipinski definition) is 2. The molecule has 6 nitrogen and oxygen atoms in total. The van der Waals surface area contributed by atoms with Crippen LogP contribution >= 0.6 is 19.6 Å². The van der Waals surface area contributed by atoms with Gasteiger partial charge in [-0.15, -0.1) is 0 Å². The van der Waals surface area contributed by atoms with Gasteiger partial charge in [-0.3, -0.25) is 4.79 Å². The molecule has 2 N–H and O–H groups in total. The van der Waals surface area contributed by atoms with Gasteiger partial charge >= 0.3 is 8.03 Å². The van der Waals surface area contributed by atoms with Crippen molar-refractivity contribution in [2.24, 2.45) is 0 Å². The highest BCUT2D eigenvalue weighted by molar-refractivity contribution is 7.45. The maximum absolute atomic E-state index is 12.0. The molecule has 26 heavy (non-hydrogen) atoms. The van der Waals surface area contributed by atoms with Gasteiger partial charge in [0.15, 0.2) is 5.30 Å². The Morgan fingerprint density at radius 3 is 2.54 bits per heavy atom. The molecule has 0 heterocycles. The smallest absolute Gasteiger partial charge is 0.348 e. The lowest BCUT2D eigenvalue weighted by atomic mass is 10.2. The van der Waals surface area contributed by atoms with Gasteiger partial charge < -0.3 is 20.3 Å². The first-order valence-corrected chi connectivity index (χ1v) is 9.40. The second kappa shape index (κ2) is 11.7. The molecule has 0 saturated heterocycles. The van der Waals surface area contributed by atoms with E-state index in [4.69, 9.17) is 16.3 Å². The topological polar surface area (TPSA) is 90.5 Å². The third-order valence-corrected chi connectivity index (χ3v) is 4.41. The van der Waals surface area contributed by atoms with Crippen molar-refractivity contribution in [3.05, 3.63) is 58.6 Å². The molecule has 2 aromatic carbocycles. The summed E-state index contributed by atoms with van der Waals surface area (Å²) in [6.45, 7) is 3.61. The van der Waals surface area contributed by atoms with Gasteiger partial charge in [0, 0.05) is 36.0 Å². The number of amides is 1. The number of carbonyl (C=O) groups excluding carboxylic acids is 1. The number of likely N-dealkylation sites (N-methyl/N-ethyl adjacent to an activating group) is 1. The summed E-state index contributed by atoms with van der Waals surface area (Å²) in [6, 6.07) is 11.0. The Labute approximate surface area is 159 Å². The van der Waals surface area contributed by atoms with Gasteiger partial charge in [0.05, 0.1) is 6.61 Å². The number of hydrogen-bond acceptors (Lipinski definition) is 5. The minimum atomic E-state index is -2.71. The first-order chi connectivity index (χ1) is 12.4. The minimum Gasteiger partial charge on any atom is -0.591 e. The number of nitrogens with one attached hydrogen (secondary N) is 2. The second-order valence-corrected chi connectivity index (χ2v) is 6.76. The van der Waals surface area contributed by atoms with E-state index in [9.17, 15) is 14.3 Å². The monoisotopic (exact) mass is 396 g/mol. The highest BCUT2D eigenvalue weighted by Crippen LogP contribution is 2.20. The van der Waals surface area contributed by atoms with Gasteiger partial charge in [-0.1, -0.05) is 28.3 Å². The highest BCUT2D eigenvalue weighted by atomic mass is 35.5. The molecule has 0 spiro atoms. The lowest BCUT2D eigenvalue weighted by Crippen LogP contribution is -2.14. The fourth-order valence-corrected chi connectivity index (χ4v) is 2.47. The third kappa shape index (κ3) is 7.60. The summed E-state index contributed by atoms with van der Waals surface area (Å²) in [5.41, 5.74) is 1.75. The Hall–Kier alpha value is -1.82. The predicted octanol–water partition coefficient (Wildman–Crippen LogP) is 2.48. The molecule has 1 amide bonds. The molecule has 8 heteroatoms. The average molecular weight is 397 g/mol. The molecule has 0 bridgehead atoms. The first kappa shape index (κ1) is 22.2. The van der Waals surface area contributed by atoms with Gasteiger partial charge in [-0.2, -0.15) is 0 Å². The van der Waals surface area contributed by atoms with Crippen molar-refractivity contribution >= 4 is 36.5 Å². The van der Waals surface area contributed by atoms with Crippen LogP contribution < -0.4 is 20.8 Å². The van der Waals surface area contributed by atoms with E-state index >= 15 is 0 Å². The Morgan fingerprint density at radius 1 is 1.27 bits per heavy atom. The number of aryl methyl sites for hydroxylation is 1. The molecule has 2 rings (SSSR count). The zero-order valence-corrected chi connectivity index (χ0v) is 16.6. The standard InChI is InChI=1S/C14H11ClNO3P.C4H11NO/c1-9-5-6-11(8-13(9)15)16-14(17)10-3-2-4-12(7-10)20(18)19;1-5-3-4-6-2/h2-8H,1H3,(H,16,17);5H,3-4H2,1-2H3. The first-order valence-electron chi connectivity index (χ1n) is 7.84. The van der Waals surface area contributed by atoms with E-state index in [2.05, 4.69) is 10.6 Å². The van der Waals surface area contributed by atoms with Gasteiger partial charge in [-0.25, -0.2) is 0 Å². The van der Waals surface area contributed by atoms with Crippen molar-refractivity contribution in [1.82, 2.24) is 5.32 Å². The molecular formula is C18H22ClN2O4P. The number of benzene rings is 2. The number of ether oxygens (including phenoxy) is 1. The summed E-state index contributed by atoms with van der Waals surface area (Å²) < 4.78 is 15.6. The average Bonchev–Trinajstić information content (AvgIpc) is 2.63. The van der Waals surface area contributed by atoms with Crippen LogP contribution in [0.1, 0.15) is 15.9 Å². The van der Waals surface area contributed by atoms with E-state index in [0.717, 1.165) is 18.7 Å². The van der Waals surface area contributed by atoms with Gasteiger partial charge in [-0.05, 0) is 43.8 Å². The molecule has 0 aromatic heterocycles. The van der Waals surface area contributed by atoms with Crippen LogP contribution in [0.25, 0.3) is 0 Å². The zero-order chi connectivity index (χ0) is 19.5. The van der Waals surface area contributed by atoms with Gasteiger partial charge in [0.25, 0.3) is 5.91 Å². The Morgan fingerprint density at radius 2 is 2.00 bits per heavy atom. The summed E-state index contributed by atoms with van der Waals surface area (Å²) in [5, 5.41) is 6.28. The summed E-state index contributed by atoms with van der Waals surface area (Å²) in [4.78, 5) is 22.9. The number of anilines is 1. The van der Waals surface area contributed by atoms with Crippen LogP contribution in [0.5, 0.6) is 0 Å². The number of methoxy groups -OCH3 is 1. The molecule has 0 radical (unpaired) electrons. The Bertz CT molecular complexity index is 752. The molecular weight excluding hydrogens is 375 g/mol. The van der Waals surface area contributed by atoms with E-state index in [0.29, 0.717) is 10.7 Å². The van der Waals surface area contributed by atoms with E-state index in [1.165, 1.54) is 18.2 Å². The zero-order valence-electron chi connectivity index (χ0n) is 14.9. The van der Waals surface area contributed by atoms with E-state index < -0.39 is 8.03 Å². The van der Waals surface area contributed by atoms with Gasteiger partial charge in [0.2, 0.25) is 0 Å². The minimum absolute atomic E-state index is 0.106. The molecule has 0 saturated carbocycles. The van der Waals surface area contributed by atoms with Crippen molar-refractivity contribution in [1.29, 1.82) is 0 Å². The summed E-state index contributed by atoms with van der Waals surface area (Å²) >= 11 is 5.98. The molecule has 2 aromatic rings. The second-order valence-electron chi connectivity index (χ2n) is 5.32. The van der Waals surface area contributed by atoms with Crippen LogP contribution in [0, 0.1) is 6.92 Å². The Kier molecular flexibility index (Phi) is 10.0. The number of rotatable bonds is 6. The number of halogens is 1. The maximum Gasteiger partial charge on any atom is 0.348 e. The third-order valence-electron chi connectivity index (χ3n) is 3.31. The fraction of sp³-hybridized carbons (Fsp3) is 0.278. The molecule has 140 valence electrons. The molecule has 1 unspecified atom stereocenters. The van der Waals surface area contributed by atoms with Crippen molar-refractivity contribution in [3.8, 4) is 0 Å². The van der Waals surface area contributed by atoms with Crippen LogP contribution in [0.2, 0.25) is 5.02 Å². The van der Waals surface area contributed by atoms with Crippen molar-refractivity contribution < 1.29 is 19.0 Å².